The van der Waals surface area contributed by atoms with Crippen LogP contribution in [0.25, 0.3) is 21.8 Å². The van der Waals surface area contributed by atoms with Crippen LogP contribution in [0.15, 0.2) is 77.6 Å². The molecule has 0 spiro atoms. The largest absolute Gasteiger partial charge is 0.456 e. The maximum absolute atomic E-state index is 12.8. The third-order valence-electron chi connectivity index (χ3n) is 4.82. The number of aromatic nitrogens is 1. The molecule has 0 saturated carbocycles. The van der Waals surface area contributed by atoms with Crippen molar-refractivity contribution in [3.8, 4) is 0 Å². The lowest BCUT2D eigenvalue weighted by Crippen LogP contribution is -2.19. The molecule has 0 radical (unpaired) electrons. The minimum atomic E-state index is -0.474. The molecule has 1 atom stereocenters. The van der Waals surface area contributed by atoms with Gasteiger partial charge in [0.05, 0.1) is 11.0 Å². The number of fused-ring (bicyclic) bond motifs is 2. The predicted molar refractivity (Wildman–Crippen MR) is 112 cm³/mol. The molecule has 3 aromatic carbocycles. The average Bonchev–Trinajstić information content (AvgIpc) is 2.71. The van der Waals surface area contributed by atoms with Gasteiger partial charge in [-0.3, -0.25) is 9.59 Å². The first-order chi connectivity index (χ1) is 13.6. The zero-order valence-electron chi connectivity index (χ0n) is 15.3. The number of para-hydroxylation sites is 2. The summed E-state index contributed by atoms with van der Waals surface area (Å²) < 4.78 is 7.45. The highest BCUT2D eigenvalue weighted by Crippen LogP contribution is 2.26. The molecule has 1 heterocycles. The van der Waals surface area contributed by atoms with E-state index in [1.54, 1.807) is 25.1 Å². The zero-order chi connectivity index (χ0) is 19.7. The Morgan fingerprint density at radius 2 is 1.46 bits per heavy atom. The number of nitrogens with zero attached hydrogens (tertiary/aromatic N) is 1. The van der Waals surface area contributed by atoms with E-state index < -0.39 is 12.1 Å². The Labute approximate surface area is 166 Å². The summed E-state index contributed by atoms with van der Waals surface area (Å²) in [6.45, 7) is 1.79. The number of esters is 1. The average molecular weight is 392 g/mol. The van der Waals surface area contributed by atoms with Crippen molar-refractivity contribution in [3.05, 3.63) is 93.6 Å². The van der Waals surface area contributed by atoms with Gasteiger partial charge in [0.1, 0.15) is 12.6 Å². The van der Waals surface area contributed by atoms with E-state index in [1.807, 2.05) is 59.2 Å². The minimum Gasteiger partial charge on any atom is -0.456 e. The molecule has 0 bridgehead atoms. The van der Waals surface area contributed by atoms with Gasteiger partial charge in [-0.25, -0.2) is 0 Å². The molecule has 0 N–H and O–H groups in total. The van der Waals surface area contributed by atoms with Gasteiger partial charge in [-0.15, -0.1) is 0 Å². The van der Waals surface area contributed by atoms with E-state index in [1.165, 1.54) is 0 Å². The number of hydrogen-bond donors (Lipinski definition) is 0. The van der Waals surface area contributed by atoms with Crippen LogP contribution in [0, 0.1) is 0 Å². The summed E-state index contributed by atoms with van der Waals surface area (Å²) in [6.07, 6.45) is -0.474. The minimum absolute atomic E-state index is 0.00387. The van der Waals surface area contributed by atoms with Crippen molar-refractivity contribution < 1.29 is 9.53 Å². The van der Waals surface area contributed by atoms with Crippen molar-refractivity contribution in [2.45, 2.75) is 19.6 Å². The topological polar surface area (TPSA) is 48.3 Å². The van der Waals surface area contributed by atoms with E-state index in [9.17, 15) is 9.59 Å². The molecule has 140 valence electrons. The van der Waals surface area contributed by atoms with Crippen molar-refractivity contribution in [2.75, 3.05) is 0 Å². The number of carbonyl (C=O) groups is 1. The molecule has 0 aliphatic carbocycles. The Balaban J connectivity index is 1.73. The van der Waals surface area contributed by atoms with Crippen molar-refractivity contribution >= 4 is 39.4 Å². The Kier molecular flexibility index (Phi) is 4.88. The number of benzene rings is 3. The molecule has 28 heavy (non-hydrogen) atoms. The van der Waals surface area contributed by atoms with E-state index in [0.29, 0.717) is 26.8 Å². The molecule has 4 aromatic rings. The summed E-state index contributed by atoms with van der Waals surface area (Å²) in [5.41, 5.74) is 2.12. The lowest BCUT2D eigenvalue weighted by atomic mass is 10.1. The highest BCUT2D eigenvalue weighted by molar-refractivity contribution is 6.31. The second kappa shape index (κ2) is 7.49. The van der Waals surface area contributed by atoms with Crippen LogP contribution >= 0.6 is 11.6 Å². The van der Waals surface area contributed by atoms with Crippen LogP contribution in [-0.4, -0.2) is 10.5 Å². The molecule has 0 saturated heterocycles. The van der Waals surface area contributed by atoms with Gasteiger partial charge in [-0.1, -0.05) is 54.1 Å². The molecule has 0 aliphatic rings. The lowest BCUT2D eigenvalue weighted by Gasteiger charge is -2.18. The standard InChI is InChI=1S/C23H18ClNO3/c1-15(16-8-2-5-11-19(16)24)28-22(26)14-25-20-12-6-3-9-17(20)23(27)18-10-4-7-13-21(18)25/h2-13,15H,14H2,1H3. The number of ether oxygens (including phenoxy) is 1. The number of rotatable bonds is 4. The van der Waals surface area contributed by atoms with E-state index in [4.69, 9.17) is 16.3 Å². The quantitative estimate of drug-likeness (QED) is 0.358. The maximum Gasteiger partial charge on any atom is 0.326 e. The predicted octanol–water partition coefficient (Wildman–Crippen LogP) is 5.11. The van der Waals surface area contributed by atoms with Crippen molar-refractivity contribution in [1.82, 2.24) is 4.57 Å². The Morgan fingerprint density at radius 3 is 2.07 bits per heavy atom. The van der Waals surface area contributed by atoms with Crippen molar-refractivity contribution in [1.29, 1.82) is 0 Å². The first-order valence-electron chi connectivity index (χ1n) is 9.00. The van der Waals surface area contributed by atoms with Gasteiger partial charge in [0.15, 0.2) is 5.43 Å². The number of hydrogen-bond acceptors (Lipinski definition) is 3. The molecular formula is C23H18ClNO3. The summed E-state index contributed by atoms with van der Waals surface area (Å²) in [4.78, 5) is 25.5. The van der Waals surface area contributed by atoms with Gasteiger partial charge in [0.2, 0.25) is 0 Å². The van der Waals surface area contributed by atoms with Gasteiger partial charge in [0, 0.05) is 21.4 Å². The molecular weight excluding hydrogens is 374 g/mol. The third kappa shape index (κ3) is 3.27. The van der Waals surface area contributed by atoms with Crippen LogP contribution in [0.4, 0.5) is 0 Å². The Morgan fingerprint density at radius 1 is 0.929 bits per heavy atom. The second-order valence-electron chi connectivity index (χ2n) is 6.60. The molecule has 0 amide bonds. The molecule has 4 nitrogen and oxygen atoms in total. The Bertz CT molecular complexity index is 1190. The van der Waals surface area contributed by atoms with E-state index in [-0.39, 0.29) is 12.0 Å². The van der Waals surface area contributed by atoms with E-state index in [2.05, 4.69) is 0 Å². The fourth-order valence-corrected chi connectivity index (χ4v) is 3.77. The third-order valence-corrected chi connectivity index (χ3v) is 5.16. The number of carbonyl (C=O) groups excluding carboxylic acids is 1. The van der Waals surface area contributed by atoms with E-state index >= 15 is 0 Å². The first-order valence-corrected chi connectivity index (χ1v) is 9.38. The molecule has 1 unspecified atom stereocenters. The molecule has 0 fully saturated rings. The van der Waals surface area contributed by atoms with Crippen molar-refractivity contribution in [2.24, 2.45) is 0 Å². The number of pyridine rings is 1. The first kappa shape index (κ1) is 18.3. The van der Waals surface area contributed by atoms with Gasteiger partial charge in [-0.2, -0.15) is 0 Å². The monoisotopic (exact) mass is 391 g/mol. The van der Waals surface area contributed by atoms with Gasteiger partial charge >= 0.3 is 5.97 Å². The molecule has 4 rings (SSSR count). The normalized spacial score (nSPS) is 12.2. The second-order valence-corrected chi connectivity index (χ2v) is 7.01. The van der Waals surface area contributed by atoms with Crippen molar-refractivity contribution in [3.63, 3.8) is 0 Å². The summed E-state index contributed by atoms with van der Waals surface area (Å²) >= 11 is 6.21. The molecule has 1 aromatic heterocycles. The van der Waals surface area contributed by atoms with Gasteiger partial charge in [-0.05, 0) is 37.3 Å². The van der Waals surface area contributed by atoms with Crippen LogP contribution in [-0.2, 0) is 16.1 Å². The van der Waals surface area contributed by atoms with E-state index in [0.717, 1.165) is 5.56 Å². The van der Waals surface area contributed by atoms with Gasteiger partial charge in [0.25, 0.3) is 0 Å². The van der Waals surface area contributed by atoms with Crippen LogP contribution in [0.1, 0.15) is 18.6 Å². The van der Waals surface area contributed by atoms with Crippen LogP contribution in [0.5, 0.6) is 0 Å². The summed E-state index contributed by atoms with van der Waals surface area (Å²) in [5.74, 6) is -0.397. The summed E-state index contributed by atoms with van der Waals surface area (Å²) in [5, 5.41) is 1.71. The fraction of sp³-hybridized carbons (Fsp3) is 0.130. The van der Waals surface area contributed by atoms with Crippen LogP contribution in [0.3, 0.4) is 0 Å². The number of halogens is 1. The SMILES string of the molecule is CC(OC(=O)Cn1c2ccccc2c(=O)c2ccccc21)c1ccccc1Cl. The van der Waals surface area contributed by atoms with Crippen LogP contribution in [0.2, 0.25) is 5.02 Å². The fourth-order valence-electron chi connectivity index (χ4n) is 3.48. The Hall–Kier alpha value is -3.11. The zero-order valence-corrected chi connectivity index (χ0v) is 16.0. The lowest BCUT2D eigenvalue weighted by molar-refractivity contribution is -0.149. The summed E-state index contributed by atoms with van der Waals surface area (Å²) in [7, 11) is 0. The summed E-state index contributed by atoms with van der Waals surface area (Å²) in [6, 6.07) is 21.9. The maximum atomic E-state index is 12.8. The molecule has 0 aliphatic heterocycles. The highest BCUT2D eigenvalue weighted by atomic mass is 35.5. The van der Waals surface area contributed by atoms with Crippen LogP contribution < -0.4 is 5.43 Å². The van der Waals surface area contributed by atoms with Gasteiger partial charge < -0.3 is 9.30 Å². The smallest absolute Gasteiger partial charge is 0.326 e. The molecule has 5 heteroatoms. The highest BCUT2D eigenvalue weighted by Gasteiger charge is 2.17.